The molecule has 0 amide bonds. The van der Waals surface area contributed by atoms with Crippen LogP contribution in [0.1, 0.15) is 79.1 Å². The van der Waals surface area contributed by atoms with E-state index in [9.17, 15) is 0 Å². The van der Waals surface area contributed by atoms with Gasteiger partial charge in [0, 0.05) is 0 Å². The van der Waals surface area contributed by atoms with Gasteiger partial charge < -0.3 is 14.7 Å². The van der Waals surface area contributed by atoms with Crippen molar-refractivity contribution in [3.63, 3.8) is 0 Å². The molecule has 0 saturated heterocycles. The molecule has 0 aliphatic rings. The third-order valence-electron chi connectivity index (χ3n) is 4.24. The van der Waals surface area contributed by atoms with Crippen LogP contribution in [0.4, 0.5) is 0 Å². The Morgan fingerprint density at radius 2 is 0.818 bits per heavy atom. The van der Waals surface area contributed by atoms with E-state index in [1.807, 2.05) is 0 Å². The van der Waals surface area contributed by atoms with Crippen LogP contribution in [0.15, 0.2) is 0 Å². The van der Waals surface area contributed by atoms with E-state index < -0.39 is 15.1 Å². The van der Waals surface area contributed by atoms with Gasteiger partial charge in [-0.1, -0.05) is 0 Å². The van der Waals surface area contributed by atoms with Crippen molar-refractivity contribution < 1.29 is 19.2 Å². The number of hydrogen-bond donors (Lipinski definition) is 3. The van der Waals surface area contributed by atoms with Crippen LogP contribution in [-0.2, 0) is 4.57 Å². The maximum Gasteiger partial charge on any atom is 0.466 e. The van der Waals surface area contributed by atoms with E-state index in [-0.39, 0.29) is 0 Å². The molecule has 0 fully saturated rings. The van der Waals surface area contributed by atoms with Crippen LogP contribution >= 0.6 is 15.1 Å². The normalized spacial score (nSPS) is 12.7. The van der Waals surface area contributed by atoms with Gasteiger partial charge in [-0.25, -0.2) is 4.57 Å². The summed E-state index contributed by atoms with van der Waals surface area (Å²) in [5.41, 5.74) is 0. The monoisotopic (exact) mass is 358 g/mol. The molecule has 0 aromatic carbocycles. The van der Waals surface area contributed by atoms with Gasteiger partial charge in [0.05, 0.1) is 0 Å². The molecule has 6 heteroatoms. The smallest absolute Gasteiger partial charge is 0.303 e. The fourth-order valence-corrected chi connectivity index (χ4v) is 8.87. The number of hydrogen-bond acceptors (Lipinski definition) is 1. The second-order valence-corrected chi connectivity index (χ2v) is 12.5. The maximum atomic E-state index is 8.88. The zero-order valence-electron chi connectivity index (χ0n) is 15.2. The molecular weight excluding hydrogens is 318 g/mol. The first kappa shape index (κ1) is 24.8. The minimum atomic E-state index is -4.64. The van der Waals surface area contributed by atoms with Crippen molar-refractivity contribution in [2.24, 2.45) is 0 Å². The fourth-order valence-electron chi connectivity index (χ4n) is 2.96. The molecule has 0 heterocycles. The summed E-state index contributed by atoms with van der Waals surface area (Å²) >= 11 is 0. The molecule has 22 heavy (non-hydrogen) atoms. The Hall–Kier alpha value is 0.540. The molecule has 0 spiro atoms. The van der Waals surface area contributed by atoms with Crippen molar-refractivity contribution >= 4 is 15.1 Å². The first-order chi connectivity index (χ1) is 10.2. The Labute approximate surface area is 138 Å². The van der Waals surface area contributed by atoms with E-state index in [1.165, 1.54) is 51.4 Å². The minimum absolute atomic E-state index is 0.879. The summed E-state index contributed by atoms with van der Waals surface area (Å²) in [6, 6.07) is 0. The SMILES string of the molecule is CCCC[PH](CCCC)(CCCC)CCCC.O=P(O)(O)O. The first-order valence-corrected chi connectivity index (χ1v) is 13.4. The number of unbranched alkanes of at least 4 members (excludes halogenated alkanes) is 4. The van der Waals surface area contributed by atoms with Crippen molar-refractivity contribution in [3.8, 4) is 0 Å². The Balaban J connectivity index is 0. The van der Waals surface area contributed by atoms with E-state index in [1.54, 1.807) is 24.6 Å². The van der Waals surface area contributed by atoms with E-state index >= 15 is 0 Å². The van der Waals surface area contributed by atoms with E-state index in [0.717, 1.165) is 0 Å². The van der Waals surface area contributed by atoms with Crippen LogP contribution in [0.5, 0.6) is 0 Å². The summed E-state index contributed by atoms with van der Waals surface area (Å²) in [7, 11) is -5.52. The molecule has 0 aliphatic heterocycles. The van der Waals surface area contributed by atoms with Gasteiger partial charge in [0.15, 0.2) is 0 Å². The van der Waals surface area contributed by atoms with E-state index in [2.05, 4.69) is 27.7 Å². The zero-order valence-corrected chi connectivity index (χ0v) is 17.1. The van der Waals surface area contributed by atoms with Gasteiger partial charge >= 0.3 is 119 Å². The fraction of sp³-hybridized carbons (Fsp3) is 1.00. The van der Waals surface area contributed by atoms with Crippen LogP contribution in [-0.4, -0.2) is 39.3 Å². The summed E-state index contributed by atoms with van der Waals surface area (Å²) in [6.07, 6.45) is 18.1. The van der Waals surface area contributed by atoms with Gasteiger partial charge in [-0.2, -0.15) is 0 Å². The molecule has 0 radical (unpaired) electrons. The third kappa shape index (κ3) is 18.6. The van der Waals surface area contributed by atoms with Crippen LogP contribution in [0.3, 0.4) is 0 Å². The van der Waals surface area contributed by atoms with Crippen molar-refractivity contribution in [2.75, 3.05) is 24.6 Å². The summed E-state index contributed by atoms with van der Waals surface area (Å²) in [4.78, 5) is 21.6. The van der Waals surface area contributed by atoms with Crippen molar-refractivity contribution in [1.29, 1.82) is 0 Å². The number of phosphoric acid groups is 1. The Morgan fingerprint density at radius 3 is 0.955 bits per heavy atom. The Bertz CT molecular complexity index is 234. The molecule has 3 N–H and O–H groups in total. The molecule has 0 unspecified atom stereocenters. The van der Waals surface area contributed by atoms with Crippen molar-refractivity contribution in [3.05, 3.63) is 0 Å². The molecule has 0 bridgehead atoms. The number of rotatable bonds is 12. The van der Waals surface area contributed by atoms with Crippen LogP contribution in [0.25, 0.3) is 0 Å². The Kier molecular flexibility index (Phi) is 17.0. The van der Waals surface area contributed by atoms with Gasteiger partial charge in [0.1, 0.15) is 0 Å². The summed E-state index contributed by atoms with van der Waals surface area (Å²) < 4.78 is 8.88. The molecule has 0 saturated carbocycles. The second-order valence-electron chi connectivity index (χ2n) is 6.43. The zero-order chi connectivity index (χ0) is 17.5. The topological polar surface area (TPSA) is 77.8 Å². The summed E-state index contributed by atoms with van der Waals surface area (Å²) in [5.74, 6) is 0. The predicted molar refractivity (Wildman–Crippen MR) is 102 cm³/mol. The second kappa shape index (κ2) is 15.1. The van der Waals surface area contributed by atoms with Crippen molar-refractivity contribution in [1.82, 2.24) is 0 Å². The average Bonchev–Trinajstić information content (AvgIpc) is 2.44. The van der Waals surface area contributed by atoms with Crippen LogP contribution < -0.4 is 0 Å². The Morgan fingerprint density at radius 1 is 0.636 bits per heavy atom. The van der Waals surface area contributed by atoms with E-state index in [4.69, 9.17) is 19.2 Å². The van der Waals surface area contributed by atoms with E-state index in [0.29, 0.717) is 0 Å². The first-order valence-electron chi connectivity index (χ1n) is 9.03. The molecule has 0 rings (SSSR count). The standard InChI is InChI=1S/C16H37P.H3O4P/c1-5-9-13-17(14-10-6-2,15-11-7-3)16-12-8-4;1-5(2,3)4/h17H,5-16H2,1-4H3;(H3,1,2,3,4). The van der Waals surface area contributed by atoms with Crippen molar-refractivity contribution in [2.45, 2.75) is 79.1 Å². The molecule has 138 valence electrons. The molecule has 4 nitrogen and oxygen atoms in total. The summed E-state index contributed by atoms with van der Waals surface area (Å²) in [5, 5.41) is 0. The molecular formula is C16H40O4P2. The molecule has 0 aliphatic carbocycles. The minimum Gasteiger partial charge on any atom is -0.303 e. The van der Waals surface area contributed by atoms with Gasteiger partial charge in [0.25, 0.3) is 0 Å². The quantitative estimate of drug-likeness (QED) is 0.429. The van der Waals surface area contributed by atoms with Crippen LogP contribution in [0.2, 0.25) is 0 Å². The summed E-state index contributed by atoms with van der Waals surface area (Å²) in [6.45, 7) is 9.44. The average molecular weight is 358 g/mol. The predicted octanol–water partition coefficient (Wildman–Crippen LogP) is 5.01. The van der Waals surface area contributed by atoms with Crippen LogP contribution in [0, 0.1) is 0 Å². The molecule has 0 aromatic rings. The van der Waals surface area contributed by atoms with Gasteiger partial charge in [-0.15, -0.1) is 0 Å². The van der Waals surface area contributed by atoms with Gasteiger partial charge in [-0.3, -0.25) is 0 Å². The molecule has 0 aromatic heterocycles. The largest absolute Gasteiger partial charge is 0.466 e. The molecule has 0 atom stereocenters. The third-order valence-corrected chi connectivity index (χ3v) is 9.90. The van der Waals surface area contributed by atoms with Gasteiger partial charge in [0.2, 0.25) is 0 Å². The maximum absolute atomic E-state index is 8.88. The van der Waals surface area contributed by atoms with Gasteiger partial charge in [-0.05, 0) is 0 Å².